The van der Waals surface area contributed by atoms with Crippen LogP contribution in [0.25, 0.3) is 10.8 Å². The first-order chi connectivity index (χ1) is 21.8. The lowest BCUT2D eigenvalue weighted by Gasteiger charge is -2.36. The number of aromatic nitrogens is 4. The van der Waals surface area contributed by atoms with Crippen molar-refractivity contribution in [3.8, 4) is 6.01 Å². The van der Waals surface area contributed by atoms with Gasteiger partial charge in [-0.3, -0.25) is 9.58 Å². The van der Waals surface area contributed by atoms with Crippen LogP contribution in [0.3, 0.4) is 0 Å². The van der Waals surface area contributed by atoms with E-state index in [-0.39, 0.29) is 5.54 Å². The molecule has 4 aliphatic rings. The summed E-state index contributed by atoms with van der Waals surface area (Å²) in [6.07, 6.45) is 9.24. The number of hydrogen-bond donors (Lipinski definition) is 0. The number of fused-ring (bicyclic) bond motifs is 4. The number of anilines is 2. The molecule has 2 aromatic carbocycles. The minimum atomic E-state index is -3.40. The molecule has 0 spiro atoms. The Hall–Kier alpha value is -3.70. The van der Waals surface area contributed by atoms with Crippen LogP contribution in [0, 0.1) is 0 Å². The van der Waals surface area contributed by atoms with Crippen molar-refractivity contribution in [2.75, 3.05) is 48.8 Å². The molecule has 0 aliphatic carbocycles. The Bertz CT molecular complexity index is 1870. The average molecular weight is 628 g/mol. The van der Waals surface area contributed by atoms with Crippen molar-refractivity contribution >= 4 is 32.1 Å². The normalized spacial score (nSPS) is 19.5. The fraction of sp³-hybridized carbons (Fsp3) is 0.500. The van der Waals surface area contributed by atoms with Crippen molar-refractivity contribution in [2.24, 2.45) is 0 Å². The Morgan fingerprint density at radius 2 is 1.73 bits per heavy atom. The second-order valence-corrected chi connectivity index (χ2v) is 15.1. The minimum absolute atomic E-state index is 0.0903. The van der Waals surface area contributed by atoms with Gasteiger partial charge in [-0.15, -0.1) is 0 Å². The lowest BCUT2D eigenvalue weighted by atomic mass is 9.95. The fourth-order valence-electron chi connectivity index (χ4n) is 8.25. The summed E-state index contributed by atoms with van der Waals surface area (Å²) in [6, 6.07) is 13.6. The second-order valence-electron chi connectivity index (χ2n) is 13.2. The standard InChI is InChI=1S/C34H41N7O3S/c1-3-24-8-4-9-25-10-5-11-28(31(24)25)38-17-12-26-27(21-38)36-33(44-23-34-13-6-15-40(34)16-7-14-34)37-32(26)39-18-19-41-29(22-39)30(20-35-41)45(2,42)43/h4-5,8-11,20H,3,6-7,12-19,21-23H2,1-2H3. The molecule has 2 aromatic heterocycles. The van der Waals surface area contributed by atoms with Crippen LogP contribution in [-0.2, 0) is 42.3 Å². The fourth-order valence-corrected chi connectivity index (χ4v) is 9.08. The molecule has 45 heavy (non-hydrogen) atoms. The van der Waals surface area contributed by atoms with E-state index in [2.05, 4.69) is 63.1 Å². The molecule has 2 saturated heterocycles. The van der Waals surface area contributed by atoms with Crippen molar-refractivity contribution in [3.05, 3.63) is 65.1 Å². The Morgan fingerprint density at radius 1 is 0.933 bits per heavy atom. The summed E-state index contributed by atoms with van der Waals surface area (Å²) in [5.74, 6) is 0.862. The minimum Gasteiger partial charge on any atom is -0.461 e. The molecular weight excluding hydrogens is 586 g/mol. The van der Waals surface area contributed by atoms with Crippen molar-refractivity contribution in [1.82, 2.24) is 24.6 Å². The topological polar surface area (TPSA) is 96.7 Å². The number of sulfone groups is 1. The largest absolute Gasteiger partial charge is 0.461 e. The molecule has 2 fully saturated rings. The third-order valence-electron chi connectivity index (χ3n) is 10.5. The van der Waals surface area contributed by atoms with Gasteiger partial charge >= 0.3 is 6.01 Å². The monoisotopic (exact) mass is 627 g/mol. The molecule has 4 aliphatic heterocycles. The lowest BCUT2D eigenvalue weighted by Crippen LogP contribution is -2.43. The number of hydrogen-bond acceptors (Lipinski definition) is 9. The summed E-state index contributed by atoms with van der Waals surface area (Å²) >= 11 is 0. The smallest absolute Gasteiger partial charge is 0.318 e. The van der Waals surface area contributed by atoms with Crippen LogP contribution in [0.4, 0.5) is 11.5 Å². The first-order valence-electron chi connectivity index (χ1n) is 16.4. The molecule has 8 rings (SSSR count). The van der Waals surface area contributed by atoms with Gasteiger partial charge in [-0.05, 0) is 68.6 Å². The Morgan fingerprint density at radius 3 is 2.51 bits per heavy atom. The summed E-state index contributed by atoms with van der Waals surface area (Å²) < 4.78 is 33.5. The van der Waals surface area contributed by atoms with Gasteiger partial charge in [-0.2, -0.15) is 15.1 Å². The van der Waals surface area contributed by atoms with Crippen LogP contribution in [0.2, 0.25) is 0 Å². The van der Waals surface area contributed by atoms with Crippen LogP contribution in [-0.4, -0.2) is 77.6 Å². The molecule has 0 saturated carbocycles. The third kappa shape index (κ3) is 4.95. The number of nitrogens with zero attached hydrogens (tertiary/aromatic N) is 7. The molecule has 0 bridgehead atoms. The van der Waals surface area contributed by atoms with E-state index in [0.29, 0.717) is 49.4 Å². The molecule has 0 atom stereocenters. The zero-order chi connectivity index (χ0) is 30.8. The predicted molar refractivity (Wildman–Crippen MR) is 175 cm³/mol. The Balaban J connectivity index is 1.17. The van der Waals surface area contributed by atoms with E-state index in [0.717, 1.165) is 62.4 Å². The molecule has 0 N–H and O–H groups in total. The quantitative estimate of drug-likeness (QED) is 0.296. The van der Waals surface area contributed by atoms with Gasteiger partial charge in [0.15, 0.2) is 9.84 Å². The third-order valence-corrected chi connectivity index (χ3v) is 11.7. The zero-order valence-corrected chi connectivity index (χ0v) is 27.0. The van der Waals surface area contributed by atoms with Crippen LogP contribution in [0.1, 0.15) is 55.1 Å². The molecule has 11 heteroatoms. The summed E-state index contributed by atoms with van der Waals surface area (Å²) in [4.78, 5) is 17.7. The van der Waals surface area contributed by atoms with Gasteiger partial charge in [-0.25, -0.2) is 8.42 Å². The highest BCUT2D eigenvalue weighted by Crippen LogP contribution is 2.40. The van der Waals surface area contributed by atoms with E-state index in [4.69, 9.17) is 14.7 Å². The van der Waals surface area contributed by atoms with E-state index in [9.17, 15) is 8.42 Å². The first kappa shape index (κ1) is 28.8. The molecular formula is C34H41N7O3S. The van der Waals surface area contributed by atoms with Gasteiger partial charge in [0.25, 0.3) is 0 Å². The highest BCUT2D eigenvalue weighted by Gasteiger charge is 2.45. The van der Waals surface area contributed by atoms with Crippen LogP contribution >= 0.6 is 0 Å². The van der Waals surface area contributed by atoms with E-state index in [1.165, 1.54) is 47.3 Å². The van der Waals surface area contributed by atoms with Crippen LogP contribution in [0.5, 0.6) is 6.01 Å². The SMILES string of the molecule is CCc1cccc2cccc(N3CCc4c(nc(OCC56CCCN5CCC6)nc4N4CCn5ncc(S(C)(=O)=O)c5C4)C3)c12. The molecule has 0 radical (unpaired) electrons. The van der Waals surface area contributed by atoms with Crippen LogP contribution < -0.4 is 14.5 Å². The lowest BCUT2D eigenvalue weighted by molar-refractivity contribution is 0.107. The number of ether oxygens (including phenoxy) is 1. The number of rotatable bonds is 7. The zero-order valence-electron chi connectivity index (χ0n) is 26.2. The Labute approximate surface area is 264 Å². The summed E-state index contributed by atoms with van der Waals surface area (Å²) in [5.41, 5.74) is 5.51. The molecule has 236 valence electrons. The van der Waals surface area contributed by atoms with E-state index in [1.807, 2.05) is 4.68 Å². The van der Waals surface area contributed by atoms with Gasteiger partial charge in [-0.1, -0.05) is 37.3 Å². The molecule has 0 unspecified atom stereocenters. The number of aryl methyl sites for hydroxylation is 1. The maximum Gasteiger partial charge on any atom is 0.318 e. The summed E-state index contributed by atoms with van der Waals surface area (Å²) in [5, 5.41) is 6.96. The van der Waals surface area contributed by atoms with Crippen molar-refractivity contribution in [3.63, 3.8) is 0 Å². The molecule has 6 heterocycles. The molecule has 4 aromatic rings. The molecule has 10 nitrogen and oxygen atoms in total. The summed E-state index contributed by atoms with van der Waals surface area (Å²) in [6.45, 7) is 8.32. The Kier molecular flexibility index (Phi) is 7.01. The van der Waals surface area contributed by atoms with Crippen molar-refractivity contribution < 1.29 is 13.2 Å². The van der Waals surface area contributed by atoms with Gasteiger partial charge in [0.1, 0.15) is 17.3 Å². The van der Waals surface area contributed by atoms with Gasteiger partial charge in [0.2, 0.25) is 0 Å². The van der Waals surface area contributed by atoms with E-state index < -0.39 is 9.84 Å². The maximum absolute atomic E-state index is 12.6. The maximum atomic E-state index is 12.6. The van der Waals surface area contributed by atoms with Gasteiger partial charge in [0, 0.05) is 36.0 Å². The molecule has 0 amide bonds. The highest BCUT2D eigenvalue weighted by molar-refractivity contribution is 7.90. The van der Waals surface area contributed by atoms with Crippen molar-refractivity contribution in [1.29, 1.82) is 0 Å². The van der Waals surface area contributed by atoms with Gasteiger partial charge < -0.3 is 14.5 Å². The van der Waals surface area contributed by atoms with E-state index >= 15 is 0 Å². The van der Waals surface area contributed by atoms with Gasteiger partial charge in [0.05, 0.1) is 42.8 Å². The van der Waals surface area contributed by atoms with Crippen LogP contribution in [0.15, 0.2) is 47.5 Å². The second kappa shape index (κ2) is 11.0. The average Bonchev–Trinajstić information content (AvgIpc) is 3.76. The number of benzene rings is 2. The summed E-state index contributed by atoms with van der Waals surface area (Å²) in [7, 11) is -3.40. The highest BCUT2D eigenvalue weighted by atomic mass is 32.2. The first-order valence-corrected chi connectivity index (χ1v) is 18.2. The van der Waals surface area contributed by atoms with Crippen molar-refractivity contribution in [2.45, 2.75) is 75.5 Å². The van der Waals surface area contributed by atoms with E-state index in [1.54, 1.807) is 0 Å². The predicted octanol–water partition coefficient (Wildman–Crippen LogP) is 4.38.